The van der Waals surface area contributed by atoms with Crippen molar-refractivity contribution in [3.05, 3.63) is 0 Å². The molecule has 0 aromatic carbocycles. The first kappa shape index (κ1) is 64.1. The predicted molar refractivity (Wildman–Crippen MR) is 261 cm³/mol. The lowest BCUT2D eigenvalue weighted by atomic mass is 10.0. The Kier molecular flexibility index (Phi) is 30.7. The van der Waals surface area contributed by atoms with Gasteiger partial charge >= 0.3 is 11.9 Å². The summed E-state index contributed by atoms with van der Waals surface area (Å²) in [5.74, 6) is -11.5. The lowest BCUT2D eigenvalue weighted by molar-refractivity contribution is -0.180. The standard InChI is InChI=1S/C48H83N9O15/c1-8-10-12-14-16-18-20-31(50-30(7)59)42(65)55-36(26-58)46(69)53-34(22-28(3)4)44(67)56-37-27-72-57(48(37)71)38(23-29(5)6)47(70)54-35(25-40(62)63)45(68)51-32(21-19-17-15-13-11-9-2)43(66)52-33(41(49)64)24-39(60)61/h28-29,31-38,58H,8-27H2,1-7H3,(H2,49,64)(H,50,59)(H,51,68)(H,52,66)(H,53,69)(H,54,70)(H,55,65)(H,56,67)(H,60,61)(H,62,63)/t31-,32-,33-,34-,35-,36-,37-,38-/m0/s1. The molecule has 0 bridgehead atoms. The molecule has 0 radical (unpaired) electrons. The highest BCUT2D eigenvalue weighted by molar-refractivity contribution is 5.99. The predicted octanol–water partition coefficient (Wildman–Crippen LogP) is 0.563. The lowest BCUT2D eigenvalue weighted by Gasteiger charge is -2.29. The Morgan fingerprint density at radius 1 is 0.569 bits per heavy atom. The van der Waals surface area contributed by atoms with Crippen molar-refractivity contribution in [2.45, 2.75) is 212 Å². The second-order valence-corrected chi connectivity index (χ2v) is 19.2. The smallest absolute Gasteiger partial charge is 0.305 e. The number of aliphatic hydroxyl groups excluding tert-OH is 1. The first-order valence-electron chi connectivity index (χ1n) is 25.3. The van der Waals surface area contributed by atoms with Crippen LogP contribution in [-0.2, 0) is 57.6 Å². The third-order valence-corrected chi connectivity index (χ3v) is 11.7. The minimum Gasteiger partial charge on any atom is -0.481 e. The molecule has 0 aliphatic carbocycles. The van der Waals surface area contributed by atoms with Gasteiger partial charge in [0.1, 0.15) is 54.9 Å². The SMILES string of the molecule is CCCCCCCC[C@H](NC(C)=O)C(=O)N[C@@H](CO)C(=O)N[C@@H](CC(C)C)C(=O)N[C@H]1CON([C@@H](CC(C)C)C(=O)N[C@@H](CC(=O)O)C(=O)N[C@@H](CCCCCCCC)C(=O)N[C@@H](CC(=O)O)C(N)=O)C1=O. The van der Waals surface area contributed by atoms with Crippen molar-refractivity contribution in [1.29, 1.82) is 0 Å². The van der Waals surface area contributed by atoms with Crippen molar-refractivity contribution in [3.8, 4) is 0 Å². The molecule has 9 amide bonds. The van der Waals surface area contributed by atoms with Crippen LogP contribution in [0.25, 0.3) is 0 Å². The second-order valence-electron chi connectivity index (χ2n) is 19.2. The molecule has 24 nitrogen and oxygen atoms in total. The molecule has 410 valence electrons. The number of hydroxylamine groups is 2. The van der Waals surface area contributed by atoms with E-state index in [4.69, 9.17) is 10.6 Å². The number of carbonyl (C=O) groups excluding carboxylic acids is 9. The van der Waals surface area contributed by atoms with Crippen molar-refractivity contribution >= 4 is 65.1 Å². The zero-order valence-electron chi connectivity index (χ0n) is 43.2. The zero-order valence-corrected chi connectivity index (χ0v) is 43.2. The van der Waals surface area contributed by atoms with Crippen LogP contribution in [0.15, 0.2) is 0 Å². The van der Waals surface area contributed by atoms with Gasteiger partial charge in [0, 0.05) is 6.92 Å². The van der Waals surface area contributed by atoms with Crippen LogP contribution < -0.4 is 43.0 Å². The molecular weight excluding hydrogens is 943 g/mol. The van der Waals surface area contributed by atoms with Gasteiger partial charge in [0.2, 0.25) is 47.3 Å². The van der Waals surface area contributed by atoms with Gasteiger partial charge in [0.15, 0.2) is 0 Å². The van der Waals surface area contributed by atoms with Crippen LogP contribution in [-0.4, -0.2) is 147 Å². The first-order valence-corrected chi connectivity index (χ1v) is 25.3. The summed E-state index contributed by atoms with van der Waals surface area (Å²) < 4.78 is 0. The molecule has 1 saturated heterocycles. The van der Waals surface area contributed by atoms with Gasteiger partial charge in [-0.1, -0.05) is 119 Å². The maximum atomic E-state index is 14.0. The second kappa shape index (κ2) is 34.5. The quantitative estimate of drug-likeness (QED) is 0.0377. The molecule has 1 aliphatic rings. The Morgan fingerprint density at radius 3 is 1.46 bits per heavy atom. The number of nitrogens with two attached hydrogens (primary N) is 1. The molecule has 0 saturated carbocycles. The van der Waals surface area contributed by atoms with E-state index in [1.807, 2.05) is 6.92 Å². The number of aliphatic hydroxyl groups is 1. The Hall–Kier alpha value is -5.91. The molecule has 1 fully saturated rings. The largest absolute Gasteiger partial charge is 0.481 e. The zero-order chi connectivity index (χ0) is 54.5. The molecule has 12 N–H and O–H groups in total. The van der Waals surface area contributed by atoms with Crippen LogP contribution in [0.1, 0.15) is 164 Å². The summed E-state index contributed by atoms with van der Waals surface area (Å²) in [5.41, 5.74) is 5.31. The van der Waals surface area contributed by atoms with Crippen molar-refractivity contribution in [3.63, 3.8) is 0 Å². The maximum Gasteiger partial charge on any atom is 0.305 e. The van der Waals surface area contributed by atoms with Crippen LogP contribution in [0.3, 0.4) is 0 Å². The van der Waals surface area contributed by atoms with Crippen LogP contribution >= 0.6 is 0 Å². The fourth-order valence-electron chi connectivity index (χ4n) is 7.89. The number of hydrogen-bond donors (Lipinski definition) is 11. The van der Waals surface area contributed by atoms with Crippen LogP contribution in [0, 0.1) is 11.8 Å². The van der Waals surface area contributed by atoms with Crippen LogP contribution in [0.2, 0.25) is 0 Å². The topological polar surface area (TPSA) is 371 Å². The minimum absolute atomic E-state index is 0.00477. The number of carboxylic acid groups (broad SMARTS) is 2. The van der Waals surface area contributed by atoms with E-state index < -0.39 is 139 Å². The van der Waals surface area contributed by atoms with E-state index in [0.29, 0.717) is 30.7 Å². The number of carboxylic acids is 2. The molecule has 1 heterocycles. The van der Waals surface area contributed by atoms with E-state index in [1.54, 1.807) is 27.7 Å². The number of carbonyl (C=O) groups is 11. The van der Waals surface area contributed by atoms with E-state index in [0.717, 1.165) is 57.8 Å². The third-order valence-electron chi connectivity index (χ3n) is 11.7. The summed E-state index contributed by atoms with van der Waals surface area (Å²) in [6, 6.07) is -11.5. The Morgan fingerprint density at radius 2 is 0.986 bits per heavy atom. The summed E-state index contributed by atoms with van der Waals surface area (Å²) in [5, 5.41) is 47.0. The first-order chi connectivity index (χ1) is 33.9. The van der Waals surface area contributed by atoms with Gasteiger partial charge in [0.05, 0.1) is 19.4 Å². The Balaban J connectivity index is 3.27. The van der Waals surface area contributed by atoms with Gasteiger partial charge in [-0.3, -0.25) is 57.6 Å². The highest BCUT2D eigenvalue weighted by atomic mass is 16.7. The molecule has 0 spiro atoms. The van der Waals surface area contributed by atoms with E-state index in [9.17, 15) is 68.1 Å². The van der Waals surface area contributed by atoms with Gasteiger partial charge in [-0.2, -0.15) is 0 Å². The fourth-order valence-corrected chi connectivity index (χ4v) is 7.89. The van der Waals surface area contributed by atoms with Crippen LogP contribution in [0.5, 0.6) is 0 Å². The number of primary amides is 1. The van der Waals surface area contributed by atoms with Crippen molar-refractivity contribution in [2.75, 3.05) is 13.2 Å². The highest BCUT2D eigenvalue weighted by Gasteiger charge is 2.44. The van der Waals surface area contributed by atoms with Crippen molar-refractivity contribution in [2.24, 2.45) is 17.6 Å². The number of nitrogens with one attached hydrogen (secondary N) is 7. The molecule has 24 heteroatoms. The van der Waals surface area contributed by atoms with Gasteiger partial charge in [-0.15, -0.1) is 0 Å². The number of hydrogen-bond acceptors (Lipinski definition) is 13. The van der Waals surface area contributed by atoms with E-state index in [1.165, 1.54) is 6.92 Å². The summed E-state index contributed by atoms with van der Waals surface area (Å²) in [4.78, 5) is 149. The monoisotopic (exact) mass is 1030 g/mol. The van der Waals surface area contributed by atoms with E-state index >= 15 is 0 Å². The molecule has 8 atom stereocenters. The molecular formula is C48H83N9O15. The molecule has 1 aliphatic heterocycles. The average molecular weight is 1030 g/mol. The van der Waals surface area contributed by atoms with Gasteiger partial charge in [0.25, 0.3) is 5.91 Å². The molecule has 72 heavy (non-hydrogen) atoms. The lowest BCUT2D eigenvalue weighted by Crippen LogP contribution is -2.59. The summed E-state index contributed by atoms with van der Waals surface area (Å²) in [7, 11) is 0. The average Bonchev–Trinajstić information content (AvgIpc) is 3.65. The fraction of sp³-hybridized carbons (Fsp3) is 0.771. The molecule has 0 aromatic rings. The summed E-state index contributed by atoms with van der Waals surface area (Å²) in [6.45, 7) is 11.0. The van der Waals surface area contributed by atoms with Crippen LogP contribution in [0.4, 0.5) is 0 Å². The normalized spacial score (nSPS) is 16.3. The number of rotatable bonds is 38. The Labute approximate surface area is 422 Å². The summed E-state index contributed by atoms with van der Waals surface area (Å²) >= 11 is 0. The molecule has 0 aromatic heterocycles. The van der Waals surface area contributed by atoms with Crippen molar-refractivity contribution in [1.82, 2.24) is 42.3 Å². The van der Waals surface area contributed by atoms with Crippen molar-refractivity contribution < 1.29 is 72.9 Å². The maximum absolute atomic E-state index is 14.0. The van der Waals surface area contributed by atoms with Gasteiger partial charge in [-0.05, 0) is 37.5 Å². The Bertz CT molecular complexity index is 1820. The molecule has 1 rings (SSSR count). The van der Waals surface area contributed by atoms with E-state index in [2.05, 4.69) is 44.1 Å². The number of amides is 9. The van der Waals surface area contributed by atoms with Gasteiger partial charge < -0.3 is 58.3 Å². The number of aliphatic carboxylic acids is 2. The summed E-state index contributed by atoms with van der Waals surface area (Å²) in [6.07, 6.45) is 8.74. The van der Waals surface area contributed by atoms with Gasteiger partial charge in [-0.25, -0.2) is 5.06 Å². The third kappa shape index (κ3) is 25.0. The number of unbranched alkanes of at least 4 members (excludes halogenated alkanes) is 10. The molecule has 0 unspecified atom stereocenters. The minimum atomic E-state index is -1.83. The number of nitrogens with zero attached hydrogens (tertiary/aromatic N) is 1. The van der Waals surface area contributed by atoms with E-state index in [-0.39, 0.29) is 31.1 Å². The highest BCUT2D eigenvalue weighted by Crippen LogP contribution is 2.20.